The first-order valence-electron chi connectivity index (χ1n) is 11.4. The van der Waals surface area contributed by atoms with E-state index >= 15 is 0 Å². The Morgan fingerprint density at radius 3 is 2.59 bits per heavy atom. The molecule has 0 aliphatic heterocycles. The molecule has 3 aromatic carbocycles. The fourth-order valence-electron chi connectivity index (χ4n) is 4.72. The van der Waals surface area contributed by atoms with Crippen molar-refractivity contribution in [1.82, 2.24) is 5.32 Å². The van der Waals surface area contributed by atoms with Gasteiger partial charge in [-0.1, -0.05) is 42.5 Å². The molecule has 0 saturated heterocycles. The Kier molecular flexibility index (Phi) is 7.48. The molecule has 1 aliphatic rings. The van der Waals surface area contributed by atoms with Crippen molar-refractivity contribution in [3.05, 3.63) is 77.6 Å². The number of thioether (sulfide) groups is 1. The Morgan fingerprint density at radius 1 is 1.09 bits per heavy atom. The number of hydrogen-bond donors (Lipinski definition) is 1. The summed E-state index contributed by atoms with van der Waals surface area (Å²) in [7, 11) is 0. The normalized spacial score (nSPS) is 19.2. The highest BCUT2D eigenvalue weighted by Gasteiger charge is 2.27. The Morgan fingerprint density at radius 2 is 1.84 bits per heavy atom. The van der Waals surface area contributed by atoms with Crippen LogP contribution in [-0.2, 0) is 9.53 Å². The van der Waals surface area contributed by atoms with E-state index in [4.69, 9.17) is 4.74 Å². The van der Waals surface area contributed by atoms with E-state index < -0.39 is 0 Å². The van der Waals surface area contributed by atoms with Crippen LogP contribution in [0, 0.1) is 5.82 Å². The molecule has 0 radical (unpaired) electrons. The highest BCUT2D eigenvalue weighted by Crippen LogP contribution is 2.37. The number of nitrogens with one attached hydrogen (secondary N) is 1. The molecule has 0 aromatic heterocycles. The number of carbonyl (C=O) groups excluding carboxylic acids is 1. The van der Waals surface area contributed by atoms with Crippen molar-refractivity contribution in [1.29, 1.82) is 0 Å². The maximum absolute atomic E-state index is 14.2. The fourth-order valence-corrected chi connectivity index (χ4v) is 5.42. The molecular formula is C27H30FNO2S. The molecule has 5 heteroatoms. The zero-order valence-electron chi connectivity index (χ0n) is 18.6. The van der Waals surface area contributed by atoms with Crippen LogP contribution >= 0.6 is 11.8 Å². The summed E-state index contributed by atoms with van der Waals surface area (Å²) in [6, 6.07) is 20.4. The van der Waals surface area contributed by atoms with Gasteiger partial charge in [-0.05, 0) is 73.7 Å². The van der Waals surface area contributed by atoms with Crippen molar-refractivity contribution in [2.75, 3.05) is 12.4 Å². The second-order valence-electron chi connectivity index (χ2n) is 8.44. The molecule has 1 saturated carbocycles. The van der Waals surface area contributed by atoms with Gasteiger partial charge in [-0.3, -0.25) is 4.79 Å². The van der Waals surface area contributed by atoms with Gasteiger partial charge in [-0.25, -0.2) is 4.39 Å². The van der Waals surface area contributed by atoms with E-state index in [1.807, 2.05) is 37.3 Å². The minimum Gasteiger partial charge on any atom is -0.465 e. The lowest BCUT2D eigenvalue weighted by atomic mass is 9.96. The van der Waals surface area contributed by atoms with Crippen LogP contribution in [0.2, 0.25) is 0 Å². The second-order valence-corrected chi connectivity index (χ2v) is 9.49. The third kappa shape index (κ3) is 5.33. The van der Waals surface area contributed by atoms with Crippen molar-refractivity contribution in [2.45, 2.75) is 56.0 Å². The maximum Gasteiger partial charge on any atom is 0.316 e. The summed E-state index contributed by atoms with van der Waals surface area (Å²) < 4.78 is 19.2. The number of benzene rings is 3. The Hall–Kier alpha value is -2.37. The number of esters is 1. The molecule has 4 rings (SSSR count). The first-order valence-corrected chi connectivity index (χ1v) is 12.3. The monoisotopic (exact) mass is 451 g/mol. The number of carbonyl (C=O) groups is 1. The van der Waals surface area contributed by atoms with Gasteiger partial charge in [-0.2, -0.15) is 0 Å². The third-order valence-electron chi connectivity index (χ3n) is 6.30. The summed E-state index contributed by atoms with van der Waals surface area (Å²) in [5.74, 6) is 0.544. The molecule has 0 amide bonds. The van der Waals surface area contributed by atoms with E-state index in [1.165, 1.54) is 17.3 Å². The summed E-state index contributed by atoms with van der Waals surface area (Å²) in [6.45, 7) is 4.41. The number of fused-ring (bicyclic) bond motifs is 1. The van der Waals surface area contributed by atoms with Crippen LogP contribution in [0.1, 0.15) is 56.2 Å². The molecule has 3 atom stereocenters. The minimum absolute atomic E-state index is 0.158. The predicted molar refractivity (Wildman–Crippen MR) is 130 cm³/mol. The van der Waals surface area contributed by atoms with Crippen LogP contribution in [0.4, 0.5) is 4.39 Å². The Balaban J connectivity index is 1.35. The average molecular weight is 452 g/mol. The molecule has 0 heterocycles. The molecule has 32 heavy (non-hydrogen) atoms. The van der Waals surface area contributed by atoms with Crippen LogP contribution in [0.5, 0.6) is 0 Å². The molecule has 0 bridgehead atoms. The van der Waals surface area contributed by atoms with Gasteiger partial charge in [0.25, 0.3) is 0 Å². The molecule has 3 nitrogen and oxygen atoms in total. The summed E-state index contributed by atoms with van der Waals surface area (Å²) in [5, 5.41) is 5.45. The average Bonchev–Trinajstić information content (AvgIpc) is 3.27. The van der Waals surface area contributed by atoms with Gasteiger partial charge < -0.3 is 10.1 Å². The zero-order chi connectivity index (χ0) is 22.5. The summed E-state index contributed by atoms with van der Waals surface area (Å²) in [6.07, 6.45) is 3.39. The number of halogens is 1. The molecule has 0 spiro atoms. The van der Waals surface area contributed by atoms with E-state index in [2.05, 4.69) is 36.5 Å². The van der Waals surface area contributed by atoms with Crippen LogP contribution in [0.15, 0.2) is 65.6 Å². The van der Waals surface area contributed by atoms with Crippen molar-refractivity contribution >= 4 is 28.5 Å². The number of rotatable bonds is 8. The molecule has 168 valence electrons. The quantitative estimate of drug-likeness (QED) is 0.308. The molecule has 3 aromatic rings. The minimum atomic E-state index is -0.172. The van der Waals surface area contributed by atoms with Gasteiger partial charge in [0.15, 0.2) is 0 Å². The van der Waals surface area contributed by atoms with Gasteiger partial charge >= 0.3 is 5.97 Å². The predicted octanol–water partition coefficient (Wildman–Crippen LogP) is 6.62. The standard InChI is InChI=1S/C27H30FNO2S/c1-3-31-27(30)17-32-22-12-9-19(10-13-22)20-8-11-21(16-20)29-18(2)23-14-15-26(28)25-7-5-4-6-24(23)25/h4-7,9-10,12-15,18,20-21,29H,3,8,11,16-17H2,1-2H3. The van der Waals surface area contributed by atoms with Crippen molar-refractivity contribution in [2.24, 2.45) is 0 Å². The van der Waals surface area contributed by atoms with Crippen LogP contribution in [0.3, 0.4) is 0 Å². The topological polar surface area (TPSA) is 38.3 Å². The molecule has 1 fully saturated rings. The third-order valence-corrected chi connectivity index (χ3v) is 7.29. The SMILES string of the molecule is CCOC(=O)CSc1ccc(C2CCC(NC(C)c3ccc(F)c4ccccc34)C2)cc1. The highest BCUT2D eigenvalue weighted by atomic mass is 32.2. The molecule has 3 unspecified atom stereocenters. The molecule has 1 N–H and O–H groups in total. The lowest BCUT2D eigenvalue weighted by Gasteiger charge is -2.22. The highest BCUT2D eigenvalue weighted by molar-refractivity contribution is 8.00. The largest absolute Gasteiger partial charge is 0.465 e. The van der Waals surface area contributed by atoms with E-state index in [-0.39, 0.29) is 17.8 Å². The van der Waals surface area contributed by atoms with Crippen molar-refractivity contribution in [3.8, 4) is 0 Å². The van der Waals surface area contributed by atoms with Gasteiger partial charge in [0.05, 0.1) is 12.4 Å². The lowest BCUT2D eigenvalue weighted by Crippen LogP contribution is -2.29. The molecular weight excluding hydrogens is 421 g/mol. The first-order chi connectivity index (χ1) is 15.5. The maximum atomic E-state index is 14.2. The van der Waals surface area contributed by atoms with E-state index in [0.29, 0.717) is 29.7 Å². The summed E-state index contributed by atoms with van der Waals surface area (Å²) in [5.41, 5.74) is 2.50. The lowest BCUT2D eigenvalue weighted by molar-refractivity contribution is -0.139. The Labute approximate surface area is 193 Å². The fraction of sp³-hybridized carbons (Fsp3) is 0.370. The van der Waals surface area contributed by atoms with E-state index in [9.17, 15) is 9.18 Å². The smallest absolute Gasteiger partial charge is 0.316 e. The van der Waals surface area contributed by atoms with Gasteiger partial charge in [0.1, 0.15) is 5.82 Å². The second kappa shape index (κ2) is 10.5. The van der Waals surface area contributed by atoms with Crippen LogP contribution in [0.25, 0.3) is 10.8 Å². The number of hydrogen-bond acceptors (Lipinski definition) is 4. The molecule has 1 aliphatic carbocycles. The van der Waals surface area contributed by atoms with Crippen molar-refractivity contribution < 1.29 is 13.9 Å². The van der Waals surface area contributed by atoms with Crippen LogP contribution < -0.4 is 5.32 Å². The zero-order valence-corrected chi connectivity index (χ0v) is 19.5. The van der Waals surface area contributed by atoms with Gasteiger partial charge in [0, 0.05) is 22.4 Å². The van der Waals surface area contributed by atoms with Crippen LogP contribution in [-0.4, -0.2) is 24.4 Å². The number of ether oxygens (including phenoxy) is 1. The van der Waals surface area contributed by atoms with Gasteiger partial charge in [0.2, 0.25) is 0 Å². The van der Waals surface area contributed by atoms with E-state index in [1.54, 1.807) is 6.07 Å². The Bertz CT molecular complexity index is 1070. The van der Waals surface area contributed by atoms with Crippen molar-refractivity contribution in [3.63, 3.8) is 0 Å². The van der Waals surface area contributed by atoms with Gasteiger partial charge in [-0.15, -0.1) is 11.8 Å². The van der Waals surface area contributed by atoms with E-state index in [0.717, 1.165) is 35.1 Å². The first kappa shape index (κ1) is 22.8. The summed E-state index contributed by atoms with van der Waals surface area (Å²) in [4.78, 5) is 12.6. The summed E-state index contributed by atoms with van der Waals surface area (Å²) >= 11 is 1.51.